The number of nitrogens with one attached hydrogen (secondary N) is 1. The molecule has 0 aliphatic heterocycles. The van der Waals surface area contributed by atoms with Crippen molar-refractivity contribution in [2.45, 2.75) is 19.0 Å². The van der Waals surface area contributed by atoms with Crippen molar-refractivity contribution in [2.75, 3.05) is 36.2 Å². The van der Waals surface area contributed by atoms with E-state index in [1.165, 1.54) is 11.8 Å². The zero-order chi connectivity index (χ0) is 24.6. The van der Waals surface area contributed by atoms with Crippen LogP contribution in [0.25, 0.3) is 17.1 Å². The first-order valence-electron chi connectivity index (χ1n) is 11.6. The van der Waals surface area contributed by atoms with Crippen LogP contribution in [0.4, 0.5) is 11.4 Å². The molecule has 0 spiro atoms. The fraction of sp³-hybridized carbons (Fsp3) is 0.222. The van der Waals surface area contributed by atoms with Crippen molar-refractivity contribution >= 4 is 29.0 Å². The first-order valence-corrected chi connectivity index (χ1v) is 12.5. The van der Waals surface area contributed by atoms with Crippen LogP contribution in [0.15, 0.2) is 84.0 Å². The Morgan fingerprint density at radius 1 is 0.943 bits per heavy atom. The van der Waals surface area contributed by atoms with Gasteiger partial charge < -0.3 is 15.0 Å². The van der Waals surface area contributed by atoms with Crippen molar-refractivity contribution in [1.29, 1.82) is 0 Å². The maximum atomic E-state index is 12.7. The number of hydrogen-bond donors (Lipinski definition) is 1. The molecule has 4 aromatic rings. The second-order valence-corrected chi connectivity index (χ2v) is 8.70. The highest BCUT2D eigenvalue weighted by atomic mass is 32.2. The Labute approximate surface area is 210 Å². The maximum absolute atomic E-state index is 12.7. The number of rotatable bonds is 10. The number of amides is 1. The number of carbonyl (C=O) groups excluding carboxylic acids is 1. The molecule has 1 aromatic heterocycles. The van der Waals surface area contributed by atoms with Gasteiger partial charge in [0.15, 0.2) is 11.0 Å². The average molecular weight is 488 g/mol. The van der Waals surface area contributed by atoms with Crippen molar-refractivity contribution in [3.63, 3.8) is 0 Å². The lowest BCUT2D eigenvalue weighted by Crippen LogP contribution is -2.21. The van der Waals surface area contributed by atoms with E-state index < -0.39 is 0 Å². The van der Waals surface area contributed by atoms with Gasteiger partial charge in [-0.3, -0.25) is 9.36 Å². The maximum Gasteiger partial charge on any atom is 0.234 e. The van der Waals surface area contributed by atoms with Gasteiger partial charge in [0, 0.05) is 35.7 Å². The third-order valence-corrected chi connectivity index (χ3v) is 6.54. The number of ether oxygens (including phenoxy) is 1. The van der Waals surface area contributed by atoms with E-state index in [1.54, 1.807) is 7.11 Å². The summed E-state index contributed by atoms with van der Waals surface area (Å²) < 4.78 is 7.26. The summed E-state index contributed by atoms with van der Waals surface area (Å²) in [5, 5.41) is 12.4. The Balaban J connectivity index is 1.51. The topological polar surface area (TPSA) is 72.3 Å². The number of anilines is 2. The van der Waals surface area contributed by atoms with E-state index in [0.29, 0.717) is 11.0 Å². The first kappa shape index (κ1) is 24.3. The molecule has 180 valence electrons. The minimum Gasteiger partial charge on any atom is -0.497 e. The lowest BCUT2D eigenvalue weighted by atomic mass is 10.2. The van der Waals surface area contributed by atoms with Gasteiger partial charge in [-0.2, -0.15) is 0 Å². The molecule has 0 fully saturated rings. The van der Waals surface area contributed by atoms with E-state index in [9.17, 15) is 4.79 Å². The summed E-state index contributed by atoms with van der Waals surface area (Å²) in [5.41, 5.74) is 3.75. The van der Waals surface area contributed by atoms with Crippen LogP contribution in [0.2, 0.25) is 0 Å². The second kappa shape index (κ2) is 11.6. The molecule has 0 aliphatic rings. The quantitative estimate of drug-likeness (QED) is 0.297. The van der Waals surface area contributed by atoms with Crippen molar-refractivity contribution in [2.24, 2.45) is 0 Å². The van der Waals surface area contributed by atoms with Crippen LogP contribution in [-0.4, -0.2) is 46.6 Å². The van der Waals surface area contributed by atoms with Crippen LogP contribution in [0.1, 0.15) is 13.8 Å². The molecule has 0 atom stereocenters. The van der Waals surface area contributed by atoms with E-state index in [4.69, 9.17) is 4.74 Å². The van der Waals surface area contributed by atoms with Crippen LogP contribution >= 0.6 is 11.8 Å². The zero-order valence-electron chi connectivity index (χ0n) is 20.1. The van der Waals surface area contributed by atoms with Crippen molar-refractivity contribution in [3.05, 3.63) is 78.9 Å². The van der Waals surface area contributed by atoms with Crippen LogP contribution in [0.5, 0.6) is 5.75 Å². The molecule has 0 saturated heterocycles. The van der Waals surface area contributed by atoms with Crippen molar-refractivity contribution in [3.8, 4) is 22.8 Å². The lowest BCUT2D eigenvalue weighted by molar-refractivity contribution is -0.113. The SMILES string of the molecule is CCN(CC)c1ccc(NC(=O)CSc2nnc(-c3ccccc3)n2-c2ccc(OC)cc2)cc1. The molecule has 0 radical (unpaired) electrons. The van der Waals surface area contributed by atoms with Crippen LogP contribution in [0, 0.1) is 0 Å². The normalized spacial score (nSPS) is 10.7. The predicted octanol–water partition coefficient (Wildman–Crippen LogP) is 5.52. The molecule has 1 N–H and O–H groups in total. The number of benzene rings is 3. The Morgan fingerprint density at radius 3 is 2.26 bits per heavy atom. The number of nitrogens with zero attached hydrogens (tertiary/aromatic N) is 4. The molecular formula is C27H29N5O2S. The highest BCUT2D eigenvalue weighted by molar-refractivity contribution is 7.99. The molecule has 1 heterocycles. The molecule has 4 rings (SSSR count). The fourth-order valence-electron chi connectivity index (χ4n) is 3.77. The molecule has 35 heavy (non-hydrogen) atoms. The molecule has 0 unspecified atom stereocenters. The molecule has 0 saturated carbocycles. The Morgan fingerprint density at radius 2 is 1.63 bits per heavy atom. The summed E-state index contributed by atoms with van der Waals surface area (Å²) in [7, 11) is 1.64. The third-order valence-electron chi connectivity index (χ3n) is 5.61. The van der Waals surface area contributed by atoms with E-state index >= 15 is 0 Å². The van der Waals surface area contributed by atoms with E-state index in [-0.39, 0.29) is 11.7 Å². The molecule has 0 bridgehead atoms. The summed E-state index contributed by atoms with van der Waals surface area (Å²) in [6, 6.07) is 25.5. The Hall–Kier alpha value is -3.78. The van der Waals surface area contributed by atoms with Gasteiger partial charge in [-0.15, -0.1) is 10.2 Å². The highest BCUT2D eigenvalue weighted by Gasteiger charge is 2.17. The number of thioether (sulfide) groups is 1. The second-order valence-electron chi connectivity index (χ2n) is 7.76. The monoisotopic (exact) mass is 487 g/mol. The summed E-state index contributed by atoms with van der Waals surface area (Å²) >= 11 is 1.35. The Bertz CT molecular complexity index is 1240. The van der Waals surface area contributed by atoms with E-state index in [2.05, 4.69) is 34.3 Å². The average Bonchev–Trinajstić information content (AvgIpc) is 3.34. The van der Waals surface area contributed by atoms with Gasteiger partial charge in [0.2, 0.25) is 5.91 Å². The molecule has 3 aromatic carbocycles. The summed E-state index contributed by atoms with van der Waals surface area (Å²) in [4.78, 5) is 15.0. The first-order chi connectivity index (χ1) is 17.1. The smallest absolute Gasteiger partial charge is 0.234 e. The molecule has 8 heteroatoms. The number of aromatic nitrogens is 3. The molecule has 1 amide bonds. The highest BCUT2D eigenvalue weighted by Crippen LogP contribution is 2.29. The van der Waals surface area contributed by atoms with Gasteiger partial charge in [-0.1, -0.05) is 42.1 Å². The zero-order valence-corrected chi connectivity index (χ0v) is 21.0. The summed E-state index contributed by atoms with van der Waals surface area (Å²) in [6.07, 6.45) is 0. The molecule has 0 aliphatic carbocycles. The standard InChI is InChI=1S/C27H29N5O2S/c1-4-31(5-2)22-13-11-21(12-14-22)28-25(33)19-35-27-30-29-26(20-9-7-6-8-10-20)32(27)23-15-17-24(34-3)18-16-23/h6-18H,4-5,19H2,1-3H3,(H,28,33). The van der Waals surface area contributed by atoms with Crippen LogP contribution < -0.4 is 15.0 Å². The number of carbonyl (C=O) groups is 1. The summed E-state index contributed by atoms with van der Waals surface area (Å²) in [6.45, 7) is 6.14. The molecule has 7 nitrogen and oxygen atoms in total. The number of hydrogen-bond acceptors (Lipinski definition) is 6. The number of methoxy groups -OCH3 is 1. The van der Waals surface area contributed by atoms with Crippen molar-refractivity contribution in [1.82, 2.24) is 14.8 Å². The van der Waals surface area contributed by atoms with Gasteiger partial charge in [-0.25, -0.2) is 0 Å². The van der Waals surface area contributed by atoms with Gasteiger partial charge in [0.05, 0.1) is 12.9 Å². The van der Waals surface area contributed by atoms with Gasteiger partial charge in [0.25, 0.3) is 0 Å². The largest absolute Gasteiger partial charge is 0.497 e. The van der Waals surface area contributed by atoms with Gasteiger partial charge in [-0.05, 0) is 62.4 Å². The minimum absolute atomic E-state index is 0.101. The van der Waals surface area contributed by atoms with Crippen LogP contribution in [0.3, 0.4) is 0 Å². The van der Waals surface area contributed by atoms with Gasteiger partial charge in [0.1, 0.15) is 5.75 Å². The van der Waals surface area contributed by atoms with Gasteiger partial charge >= 0.3 is 0 Å². The third kappa shape index (κ3) is 5.84. The predicted molar refractivity (Wildman–Crippen MR) is 143 cm³/mol. The van der Waals surface area contributed by atoms with Crippen molar-refractivity contribution < 1.29 is 9.53 Å². The lowest BCUT2D eigenvalue weighted by Gasteiger charge is -2.21. The Kier molecular flexibility index (Phi) is 8.05. The molecular weight excluding hydrogens is 458 g/mol. The van der Waals surface area contributed by atoms with E-state index in [1.807, 2.05) is 83.4 Å². The van der Waals surface area contributed by atoms with E-state index in [0.717, 1.165) is 41.5 Å². The summed E-state index contributed by atoms with van der Waals surface area (Å²) in [5.74, 6) is 1.59. The fourth-order valence-corrected chi connectivity index (χ4v) is 4.53. The van der Waals surface area contributed by atoms with Crippen LogP contribution in [-0.2, 0) is 4.79 Å². The minimum atomic E-state index is -0.101.